The lowest BCUT2D eigenvalue weighted by Gasteiger charge is -2.32. The molecule has 2 aromatic rings. The van der Waals surface area contributed by atoms with E-state index in [2.05, 4.69) is 30.4 Å². The topological polar surface area (TPSA) is 79.4 Å². The van der Waals surface area contributed by atoms with Crippen molar-refractivity contribution in [3.8, 4) is 0 Å². The number of fused-ring (bicyclic) bond motifs is 1. The first-order valence-corrected chi connectivity index (χ1v) is 15.6. The first kappa shape index (κ1) is 31.2. The summed E-state index contributed by atoms with van der Waals surface area (Å²) in [5, 5.41) is 4.24. The lowest BCUT2D eigenvalue weighted by Crippen LogP contribution is -2.45. The van der Waals surface area contributed by atoms with Crippen molar-refractivity contribution in [1.82, 2.24) is 15.2 Å². The van der Waals surface area contributed by atoms with E-state index in [4.69, 9.17) is 4.98 Å². The quantitative estimate of drug-likeness (QED) is 0.247. The first-order valence-electron chi connectivity index (χ1n) is 14.8. The summed E-state index contributed by atoms with van der Waals surface area (Å²) in [5.74, 6) is 0.0873. The molecule has 214 valence electrons. The van der Waals surface area contributed by atoms with Crippen LogP contribution in [0.25, 0.3) is 10.2 Å². The Morgan fingerprint density at radius 1 is 1.13 bits per heavy atom. The van der Waals surface area contributed by atoms with E-state index >= 15 is 0 Å². The third-order valence-corrected chi connectivity index (χ3v) is 8.76. The number of carbonyl (C=O) groups excluding carboxylic acids is 3. The Morgan fingerprint density at radius 2 is 1.90 bits per heavy atom. The summed E-state index contributed by atoms with van der Waals surface area (Å²) in [4.78, 5) is 45.8. The van der Waals surface area contributed by atoms with Gasteiger partial charge in [0.1, 0.15) is 5.78 Å². The number of nitrogens with zero attached hydrogens (tertiary/aromatic N) is 2. The average Bonchev–Trinajstić information content (AvgIpc) is 3.32. The Bertz CT molecular complexity index is 1120. The second-order valence-electron chi connectivity index (χ2n) is 11.3. The Hall–Kier alpha value is -2.38. The number of nitrogens with one attached hydrogen (secondary N) is 1. The minimum absolute atomic E-state index is 0.0461. The fraction of sp³-hybridized carbons (Fsp3) is 0.625. The van der Waals surface area contributed by atoms with Gasteiger partial charge in [0.25, 0.3) is 0 Å². The van der Waals surface area contributed by atoms with Gasteiger partial charge in [-0.3, -0.25) is 14.4 Å². The Balaban J connectivity index is 1.74. The van der Waals surface area contributed by atoms with Gasteiger partial charge >= 0.3 is 0 Å². The summed E-state index contributed by atoms with van der Waals surface area (Å²) in [6.45, 7) is 4.86. The standard InChI is InChI=1S/C32H47N3O3S/c1-5-11-27(37)21-25(22-31-33-29-17-15-23(6-2)20-30(29)39-31)32(38)34-28(24-12-8-7-9-13-24)18-16-26(36)14-10-19-35(3)4/h10,14-15,17,20,24-25,28H,5-9,11-13,16,18-19,21-22H2,1-4H3,(H,34,38)/b14-10+/t25-,28+/m0/s1. The van der Waals surface area contributed by atoms with Crippen molar-refractivity contribution < 1.29 is 14.4 Å². The number of aromatic nitrogens is 1. The fourth-order valence-electron chi connectivity index (χ4n) is 5.49. The smallest absolute Gasteiger partial charge is 0.224 e. The molecule has 1 amide bonds. The van der Waals surface area contributed by atoms with E-state index < -0.39 is 5.92 Å². The van der Waals surface area contributed by atoms with Crippen LogP contribution in [0.2, 0.25) is 0 Å². The number of ketones is 2. The van der Waals surface area contributed by atoms with Crippen LogP contribution in [0.4, 0.5) is 0 Å². The van der Waals surface area contributed by atoms with E-state index in [1.165, 1.54) is 12.0 Å². The number of Topliss-reactive ketones (excluding diaryl/α,β-unsaturated/α-hetero) is 1. The maximum Gasteiger partial charge on any atom is 0.224 e. The highest BCUT2D eigenvalue weighted by molar-refractivity contribution is 7.18. The lowest BCUT2D eigenvalue weighted by atomic mass is 9.81. The summed E-state index contributed by atoms with van der Waals surface area (Å²) in [6.07, 6.45) is 13.3. The maximum atomic E-state index is 13.8. The molecule has 2 atom stereocenters. The number of allylic oxidation sites excluding steroid dienone is 1. The number of thiazole rings is 1. The lowest BCUT2D eigenvalue weighted by molar-refractivity contribution is -0.130. The van der Waals surface area contributed by atoms with E-state index in [-0.39, 0.29) is 29.9 Å². The fourth-order valence-corrected chi connectivity index (χ4v) is 6.60. The molecule has 0 radical (unpaired) electrons. The van der Waals surface area contributed by atoms with Gasteiger partial charge in [-0.1, -0.05) is 45.3 Å². The van der Waals surface area contributed by atoms with Crippen LogP contribution in [-0.4, -0.2) is 54.0 Å². The highest BCUT2D eigenvalue weighted by Gasteiger charge is 2.30. The molecule has 3 rings (SSSR count). The summed E-state index contributed by atoms with van der Waals surface area (Å²) < 4.78 is 1.13. The Morgan fingerprint density at radius 3 is 2.59 bits per heavy atom. The van der Waals surface area contributed by atoms with Crippen molar-refractivity contribution in [3.63, 3.8) is 0 Å². The van der Waals surface area contributed by atoms with Crippen molar-refractivity contribution in [2.45, 2.75) is 96.9 Å². The van der Waals surface area contributed by atoms with Gasteiger partial charge in [-0.25, -0.2) is 4.98 Å². The van der Waals surface area contributed by atoms with Crippen molar-refractivity contribution in [2.75, 3.05) is 20.6 Å². The molecule has 0 saturated heterocycles. The second-order valence-corrected chi connectivity index (χ2v) is 12.5. The zero-order valence-corrected chi connectivity index (χ0v) is 25.2. The zero-order chi connectivity index (χ0) is 28.2. The molecule has 6 nitrogen and oxygen atoms in total. The number of aryl methyl sites for hydroxylation is 1. The molecule has 1 fully saturated rings. The maximum absolute atomic E-state index is 13.8. The highest BCUT2D eigenvalue weighted by atomic mass is 32.1. The van der Waals surface area contributed by atoms with Crippen molar-refractivity contribution >= 4 is 39.0 Å². The molecule has 0 spiro atoms. The summed E-state index contributed by atoms with van der Waals surface area (Å²) in [5.41, 5.74) is 2.22. The molecule has 1 aromatic heterocycles. The molecular weight excluding hydrogens is 506 g/mol. The molecule has 1 aliphatic carbocycles. The monoisotopic (exact) mass is 553 g/mol. The third-order valence-electron chi connectivity index (χ3n) is 7.72. The van der Waals surface area contributed by atoms with E-state index in [9.17, 15) is 14.4 Å². The summed E-state index contributed by atoms with van der Waals surface area (Å²) in [7, 11) is 3.95. The van der Waals surface area contributed by atoms with E-state index in [0.29, 0.717) is 31.6 Å². The number of carbonyl (C=O) groups is 3. The molecule has 1 N–H and O–H groups in total. The number of hydrogen-bond acceptors (Lipinski definition) is 6. The van der Waals surface area contributed by atoms with Crippen molar-refractivity contribution in [1.29, 1.82) is 0 Å². The first-order chi connectivity index (χ1) is 18.8. The molecule has 0 unspecified atom stereocenters. The molecule has 39 heavy (non-hydrogen) atoms. The van der Waals surface area contributed by atoms with Crippen LogP contribution in [0.3, 0.4) is 0 Å². The SMILES string of the molecule is CCCC(=O)C[C@@H](Cc1nc2ccc(CC)cc2s1)C(=O)N[C@H](CCC(=O)/C=C/CN(C)C)C1CCCCC1. The summed E-state index contributed by atoms with van der Waals surface area (Å²) in [6, 6.07) is 6.29. The van der Waals surface area contributed by atoms with Gasteiger partial charge in [0, 0.05) is 38.3 Å². The average molecular weight is 554 g/mol. The zero-order valence-electron chi connectivity index (χ0n) is 24.3. The largest absolute Gasteiger partial charge is 0.353 e. The molecule has 1 aliphatic rings. The third kappa shape index (κ3) is 10.3. The van der Waals surface area contributed by atoms with Crippen molar-refractivity contribution in [3.05, 3.63) is 40.9 Å². The number of rotatable bonds is 16. The summed E-state index contributed by atoms with van der Waals surface area (Å²) >= 11 is 1.63. The molecule has 1 saturated carbocycles. The normalized spacial score (nSPS) is 16.1. The van der Waals surface area contributed by atoms with Crippen molar-refractivity contribution in [2.24, 2.45) is 11.8 Å². The van der Waals surface area contributed by atoms with Crippen LogP contribution in [-0.2, 0) is 27.2 Å². The van der Waals surface area contributed by atoms with E-state index in [0.717, 1.165) is 60.3 Å². The Kier molecular flexibility index (Phi) is 12.8. The van der Waals surface area contributed by atoms with Gasteiger partial charge in [-0.15, -0.1) is 11.3 Å². The molecular formula is C32H47N3O3S. The predicted octanol–water partition coefficient (Wildman–Crippen LogP) is 6.31. The highest BCUT2D eigenvalue weighted by Crippen LogP contribution is 2.30. The van der Waals surface area contributed by atoms with Crippen LogP contribution in [0.15, 0.2) is 30.4 Å². The molecule has 1 heterocycles. The van der Waals surface area contributed by atoms with E-state index in [1.54, 1.807) is 17.4 Å². The van der Waals surface area contributed by atoms with E-state index in [1.807, 2.05) is 32.0 Å². The molecule has 1 aromatic carbocycles. The minimum atomic E-state index is -0.447. The van der Waals surface area contributed by atoms with Gasteiger partial charge in [-0.2, -0.15) is 0 Å². The molecule has 7 heteroatoms. The number of hydrogen-bond donors (Lipinski definition) is 1. The second kappa shape index (κ2) is 16.0. The number of benzene rings is 1. The van der Waals surface area contributed by atoms with Gasteiger partial charge in [0.15, 0.2) is 5.78 Å². The van der Waals surface area contributed by atoms with Crippen LogP contribution in [0, 0.1) is 11.8 Å². The van der Waals surface area contributed by atoms with Gasteiger partial charge in [-0.05, 0) is 75.9 Å². The van der Waals surface area contributed by atoms with Gasteiger partial charge < -0.3 is 10.2 Å². The minimum Gasteiger partial charge on any atom is -0.353 e. The van der Waals surface area contributed by atoms with Gasteiger partial charge in [0.2, 0.25) is 5.91 Å². The molecule has 0 bridgehead atoms. The van der Waals surface area contributed by atoms with Crippen LogP contribution in [0.1, 0.15) is 88.6 Å². The van der Waals surface area contributed by atoms with Crippen LogP contribution in [0.5, 0.6) is 0 Å². The molecule has 0 aliphatic heterocycles. The predicted molar refractivity (Wildman–Crippen MR) is 161 cm³/mol. The number of likely N-dealkylation sites (N-methyl/N-ethyl adjacent to an activating group) is 1. The van der Waals surface area contributed by atoms with Crippen LogP contribution < -0.4 is 5.32 Å². The Labute approximate surface area is 238 Å². The van der Waals surface area contributed by atoms with Gasteiger partial charge in [0.05, 0.1) is 21.1 Å². The van der Waals surface area contributed by atoms with Crippen LogP contribution >= 0.6 is 11.3 Å². The number of amides is 1.